The molecule has 0 saturated carbocycles. The number of aryl methyl sites for hydroxylation is 1. The van der Waals surface area contributed by atoms with Gasteiger partial charge in [0, 0.05) is 23.7 Å². The van der Waals surface area contributed by atoms with E-state index in [1.165, 1.54) is 46.0 Å². The number of amides is 1. The summed E-state index contributed by atoms with van der Waals surface area (Å²) >= 11 is 2.74. The number of thioether (sulfide) groups is 1. The number of nitrogens with zero attached hydrogens (tertiary/aromatic N) is 4. The summed E-state index contributed by atoms with van der Waals surface area (Å²) in [5, 5.41) is 20.1. The van der Waals surface area contributed by atoms with Crippen molar-refractivity contribution in [1.82, 2.24) is 15.2 Å². The molecular formula is C30H28N4O4S2. The second-order valence-corrected chi connectivity index (χ2v) is 11.5. The molecular weight excluding hydrogens is 544 g/mol. The van der Waals surface area contributed by atoms with E-state index in [9.17, 15) is 14.7 Å². The summed E-state index contributed by atoms with van der Waals surface area (Å²) in [6.45, 7) is 4.68. The van der Waals surface area contributed by atoms with E-state index >= 15 is 0 Å². The lowest BCUT2D eigenvalue weighted by Gasteiger charge is -2.23. The van der Waals surface area contributed by atoms with Crippen molar-refractivity contribution in [2.45, 2.75) is 42.8 Å². The fourth-order valence-electron chi connectivity index (χ4n) is 4.31. The molecule has 1 saturated heterocycles. The van der Waals surface area contributed by atoms with Gasteiger partial charge in [0.25, 0.3) is 5.78 Å². The Morgan fingerprint density at radius 3 is 2.60 bits per heavy atom. The van der Waals surface area contributed by atoms with Gasteiger partial charge in [0.2, 0.25) is 5.13 Å². The normalized spacial score (nSPS) is 16.4. The summed E-state index contributed by atoms with van der Waals surface area (Å²) in [7, 11) is 0. The molecule has 0 radical (unpaired) electrons. The molecule has 0 spiro atoms. The van der Waals surface area contributed by atoms with Crippen molar-refractivity contribution >= 4 is 45.7 Å². The quantitative estimate of drug-likeness (QED) is 0.0586. The first-order valence-electron chi connectivity index (χ1n) is 12.9. The summed E-state index contributed by atoms with van der Waals surface area (Å²) < 4.78 is 6.57. The van der Waals surface area contributed by atoms with Gasteiger partial charge in [-0.15, -0.1) is 10.2 Å². The van der Waals surface area contributed by atoms with Crippen molar-refractivity contribution in [3.05, 3.63) is 101 Å². The Hall–Kier alpha value is -4.02. The molecule has 1 atom stereocenters. The largest absolute Gasteiger partial charge is 0.507 e. The van der Waals surface area contributed by atoms with Gasteiger partial charge >= 0.3 is 5.91 Å². The Morgan fingerprint density at radius 1 is 1.07 bits per heavy atom. The van der Waals surface area contributed by atoms with Crippen LogP contribution >= 0.6 is 23.1 Å². The molecule has 5 rings (SSSR count). The van der Waals surface area contributed by atoms with Gasteiger partial charge in [0.1, 0.15) is 11.5 Å². The molecule has 0 aliphatic carbocycles. The molecule has 1 N–H and O–H groups in total. The molecule has 8 nitrogen and oxygen atoms in total. The Morgan fingerprint density at radius 2 is 1.85 bits per heavy atom. The minimum absolute atomic E-state index is 0.0223. The number of ketones is 1. The van der Waals surface area contributed by atoms with Crippen molar-refractivity contribution in [3.8, 4) is 5.75 Å². The summed E-state index contributed by atoms with van der Waals surface area (Å²) in [6.07, 6.45) is 4.93. The van der Waals surface area contributed by atoms with Crippen LogP contribution in [0.5, 0.6) is 5.75 Å². The van der Waals surface area contributed by atoms with Crippen LogP contribution < -0.4 is 9.64 Å². The third-order valence-corrected chi connectivity index (χ3v) is 8.55. The van der Waals surface area contributed by atoms with Crippen LogP contribution in [0.25, 0.3) is 5.76 Å². The van der Waals surface area contributed by atoms with Gasteiger partial charge in [-0.05, 0) is 48.7 Å². The minimum Gasteiger partial charge on any atom is -0.507 e. The van der Waals surface area contributed by atoms with Crippen LogP contribution in [0.4, 0.5) is 5.13 Å². The number of pyridine rings is 1. The van der Waals surface area contributed by atoms with Gasteiger partial charge in [0.15, 0.2) is 4.34 Å². The highest BCUT2D eigenvalue weighted by Gasteiger charge is 2.48. The zero-order valence-electron chi connectivity index (χ0n) is 22.1. The zero-order valence-corrected chi connectivity index (χ0v) is 23.7. The minimum atomic E-state index is -0.911. The SMILES string of the molecule is CCCCOc1cccc(C2/C(=C(\O)c3ccncc3)C(=O)C(=O)N2c2nnc(SCc3ccc(C)cc3)s2)c1. The first kappa shape index (κ1) is 27.5. The molecule has 3 heterocycles. The Kier molecular flexibility index (Phi) is 8.57. The van der Waals surface area contributed by atoms with Gasteiger partial charge in [-0.25, -0.2) is 0 Å². The maximum Gasteiger partial charge on any atom is 0.301 e. The fraction of sp³-hybridized carbons (Fsp3) is 0.233. The first-order valence-corrected chi connectivity index (χ1v) is 14.7. The number of hydrogen-bond donors (Lipinski definition) is 1. The highest BCUT2D eigenvalue weighted by atomic mass is 32.2. The van der Waals surface area contributed by atoms with Gasteiger partial charge in [-0.1, -0.05) is 78.4 Å². The van der Waals surface area contributed by atoms with E-state index in [0.717, 1.165) is 18.4 Å². The number of hydrogen-bond acceptors (Lipinski definition) is 9. The van der Waals surface area contributed by atoms with Crippen LogP contribution in [0.2, 0.25) is 0 Å². The van der Waals surface area contributed by atoms with Crippen LogP contribution in [-0.4, -0.2) is 38.6 Å². The molecule has 1 aliphatic rings. The lowest BCUT2D eigenvalue weighted by Crippen LogP contribution is -2.29. The standard InChI is InChI=1S/C30H28N4O4S2/c1-3-4-16-38-23-7-5-6-22(17-23)25-24(26(35)21-12-14-31-15-13-21)27(36)28(37)34(25)29-32-33-30(40-29)39-18-20-10-8-19(2)9-11-20/h5-15,17,25,35H,3-4,16,18H2,1-2H3/b26-24+. The summed E-state index contributed by atoms with van der Waals surface area (Å²) in [5.74, 6) is -0.531. The molecule has 40 heavy (non-hydrogen) atoms. The first-order chi connectivity index (χ1) is 19.5. The van der Waals surface area contributed by atoms with Crippen LogP contribution in [0.15, 0.2) is 83.0 Å². The van der Waals surface area contributed by atoms with Gasteiger partial charge in [-0.3, -0.25) is 19.5 Å². The second-order valence-electron chi connectivity index (χ2n) is 9.30. The van der Waals surface area contributed by atoms with Crippen LogP contribution in [0.1, 0.15) is 48.1 Å². The van der Waals surface area contributed by atoms with E-state index in [-0.39, 0.29) is 16.5 Å². The molecule has 204 valence electrons. The van der Waals surface area contributed by atoms with Crippen molar-refractivity contribution < 1.29 is 19.4 Å². The lowest BCUT2D eigenvalue weighted by molar-refractivity contribution is -0.132. The Balaban J connectivity index is 1.52. The number of ether oxygens (including phenoxy) is 1. The number of aromatic nitrogens is 3. The number of Topliss-reactive ketones (excluding diaryl/α,β-unsaturated/α-hetero) is 1. The van der Waals surface area contributed by atoms with Crippen molar-refractivity contribution in [2.75, 3.05) is 11.5 Å². The van der Waals surface area contributed by atoms with Crippen molar-refractivity contribution in [2.24, 2.45) is 0 Å². The summed E-state index contributed by atoms with van der Waals surface area (Å²) in [5.41, 5.74) is 3.32. The fourth-order valence-corrected chi connectivity index (χ4v) is 6.13. The third kappa shape index (κ3) is 5.93. The number of aliphatic hydroxyl groups is 1. The summed E-state index contributed by atoms with van der Waals surface area (Å²) in [4.78, 5) is 32.2. The Labute approximate surface area is 240 Å². The molecule has 10 heteroatoms. The van der Waals surface area contributed by atoms with E-state index in [2.05, 4.69) is 46.4 Å². The topological polar surface area (TPSA) is 106 Å². The van der Waals surface area contributed by atoms with E-state index in [1.54, 1.807) is 18.2 Å². The van der Waals surface area contributed by atoms with Gasteiger partial charge in [0.05, 0.1) is 18.2 Å². The molecule has 2 aromatic carbocycles. The monoisotopic (exact) mass is 572 g/mol. The number of carbonyl (C=O) groups excluding carboxylic acids is 2. The van der Waals surface area contributed by atoms with Crippen LogP contribution in [0, 0.1) is 6.92 Å². The number of unbranched alkanes of at least 4 members (excludes halogenated alkanes) is 1. The lowest BCUT2D eigenvalue weighted by atomic mass is 9.95. The predicted octanol–water partition coefficient (Wildman–Crippen LogP) is 6.34. The van der Waals surface area contributed by atoms with Gasteiger partial charge in [-0.2, -0.15) is 0 Å². The average Bonchev–Trinajstić information content (AvgIpc) is 3.55. The predicted molar refractivity (Wildman–Crippen MR) is 157 cm³/mol. The van der Waals surface area contributed by atoms with Crippen LogP contribution in [0.3, 0.4) is 0 Å². The second kappa shape index (κ2) is 12.4. The molecule has 1 amide bonds. The van der Waals surface area contributed by atoms with E-state index in [4.69, 9.17) is 4.74 Å². The highest BCUT2D eigenvalue weighted by molar-refractivity contribution is 8.00. The molecule has 0 bridgehead atoms. The molecule has 4 aromatic rings. The van der Waals surface area contributed by atoms with Crippen LogP contribution in [-0.2, 0) is 15.3 Å². The maximum atomic E-state index is 13.5. The van der Waals surface area contributed by atoms with E-state index in [1.807, 2.05) is 25.1 Å². The average molecular weight is 573 g/mol. The van der Waals surface area contributed by atoms with E-state index in [0.29, 0.717) is 33.6 Å². The molecule has 1 fully saturated rings. The highest BCUT2D eigenvalue weighted by Crippen LogP contribution is 2.44. The van der Waals surface area contributed by atoms with Crippen molar-refractivity contribution in [3.63, 3.8) is 0 Å². The number of benzene rings is 2. The van der Waals surface area contributed by atoms with E-state index < -0.39 is 17.7 Å². The summed E-state index contributed by atoms with van der Waals surface area (Å²) in [6, 6.07) is 17.8. The van der Waals surface area contributed by atoms with Crippen molar-refractivity contribution in [1.29, 1.82) is 0 Å². The number of aliphatic hydroxyl groups excluding tert-OH is 1. The van der Waals surface area contributed by atoms with Gasteiger partial charge < -0.3 is 9.84 Å². The number of anilines is 1. The number of carbonyl (C=O) groups is 2. The maximum absolute atomic E-state index is 13.5. The molecule has 1 aliphatic heterocycles. The molecule has 1 unspecified atom stereocenters. The number of rotatable bonds is 10. The zero-order chi connectivity index (χ0) is 28.1. The molecule has 2 aromatic heterocycles. The Bertz CT molecular complexity index is 1540. The third-order valence-electron chi connectivity index (χ3n) is 6.42. The smallest absolute Gasteiger partial charge is 0.301 e.